The van der Waals surface area contributed by atoms with Gasteiger partial charge >= 0.3 is 0 Å². The summed E-state index contributed by atoms with van der Waals surface area (Å²) < 4.78 is 0. The highest BCUT2D eigenvalue weighted by atomic mass is 16.1. The van der Waals surface area contributed by atoms with E-state index < -0.39 is 0 Å². The summed E-state index contributed by atoms with van der Waals surface area (Å²) in [5.74, 6) is 0.140. The van der Waals surface area contributed by atoms with E-state index in [2.05, 4.69) is 11.4 Å². The summed E-state index contributed by atoms with van der Waals surface area (Å²) in [5, 5.41) is 3.04. The Kier molecular flexibility index (Phi) is 5.44. The van der Waals surface area contributed by atoms with Gasteiger partial charge in [0.25, 0.3) is 0 Å². The molecule has 2 aliphatic rings. The Morgan fingerprint density at radius 1 is 1.21 bits per heavy atom. The third kappa shape index (κ3) is 4.98. The topological polar surface area (TPSA) is 55.1 Å². The van der Waals surface area contributed by atoms with E-state index in [1.54, 1.807) is 0 Å². The van der Waals surface area contributed by atoms with E-state index in [9.17, 15) is 4.79 Å². The van der Waals surface area contributed by atoms with Gasteiger partial charge in [-0.25, -0.2) is 0 Å². The van der Waals surface area contributed by atoms with Crippen LogP contribution in [0.15, 0.2) is 11.6 Å². The number of nitrogens with one attached hydrogen (secondary N) is 1. The molecule has 2 aliphatic carbocycles. The molecule has 0 unspecified atom stereocenters. The van der Waals surface area contributed by atoms with Crippen LogP contribution in [0.1, 0.15) is 70.6 Å². The van der Waals surface area contributed by atoms with E-state index in [1.165, 1.54) is 50.5 Å². The second-order valence-corrected chi connectivity index (χ2v) is 6.31. The van der Waals surface area contributed by atoms with Crippen LogP contribution in [0.2, 0.25) is 0 Å². The molecule has 2 rings (SSSR count). The SMILES string of the molecule is NC1(CC(=O)NCCC2=CCCCC2)CCCCC1. The number of nitrogens with two attached hydrogens (primary N) is 1. The van der Waals surface area contributed by atoms with Gasteiger partial charge in [0.1, 0.15) is 0 Å². The van der Waals surface area contributed by atoms with E-state index in [1.807, 2.05) is 0 Å². The molecule has 1 fully saturated rings. The zero-order valence-electron chi connectivity index (χ0n) is 12.0. The second-order valence-electron chi connectivity index (χ2n) is 6.31. The van der Waals surface area contributed by atoms with Gasteiger partial charge in [-0.2, -0.15) is 0 Å². The van der Waals surface area contributed by atoms with Crippen LogP contribution in [0.5, 0.6) is 0 Å². The standard InChI is InChI=1S/C16H28N2O/c17-16(10-5-2-6-11-16)13-15(19)18-12-9-14-7-3-1-4-8-14/h7H,1-6,8-13,17H2,(H,18,19). The average molecular weight is 264 g/mol. The molecule has 0 spiro atoms. The van der Waals surface area contributed by atoms with Gasteiger partial charge in [-0.3, -0.25) is 4.79 Å². The summed E-state index contributed by atoms with van der Waals surface area (Å²) in [6.45, 7) is 0.779. The molecule has 1 saturated carbocycles. The number of rotatable bonds is 5. The first-order valence-electron chi connectivity index (χ1n) is 7.91. The Hall–Kier alpha value is -0.830. The predicted octanol–water partition coefficient (Wildman–Crippen LogP) is 3.04. The van der Waals surface area contributed by atoms with Gasteiger partial charge in [0.2, 0.25) is 5.91 Å². The molecule has 3 nitrogen and oxygen atoms in total. The molecular weight excluding hydrogens is 236 g/mol. The van der Waals surface area contributed by atoms with Gasteiger partial charge in [-0.1, -0.05) is 30.9 Å². The first-order chi connectivity index (χ1) is 9.18. The van der Waals surface area contributed by atoms with E-state index >= 15 is 0 Å². The maximum Gasteiger partial charge on any atom is 0.221 e. The third-order valence-corrected chi connectivity index (χ3v) is 4.52. The monoisotopic (exact) mass is 264 g/mol. The summed E-state index contributed by atoms with van der Waals surface area (Å²) in [5.41, 5.74) is 7.59. The molecule has 0 aliphatic heterocycles. The van der Waals surface area contributed by atoms with Gasteiger partial charge in [0.15, 0.2) is 0 Å². The summed E-state index contributed by atoms with van der Waals surface area (Å²) in [4.78, 5) is 11.9. The van der Waals surface area contributed by atoms with Gasteiger partial charge in [0, 0.05) is 18.5 Å². The van der Waals surface area contributed by atoms with Crippen molar-refractivity contribution < 1.29 is 4.79 Å². The minimum absolute atomic E-state index is 0.140. The lowest BCUT2D eigenvalue weighted by Gasteiger charge is -2.32. The normalized spacial score (nSPS) is 22.7. The quantitative estimate of drug-likeness (QED) is 0.750. The fourth-order valence-electron chi connectivity index (χ4n) is 3.31. The Balaban J connectivity index is 1.65. The highest BCUT2D eigenvalue weighted by Gasteiger charge is 2.29. The number of allylic oxidation sites excluding steroid dienone is 1. The van der Waals surface area contributed by atoms with Crippen molar-refractivity contribution in [1.29, 1.82) is 0 Å². The number of amides is 1. The van der Waals surface area contributed by atoms with Gasteiger partial charge < -0.3 is 11.1 Å². The molecule has 108 valence electrons. The lowest BCUT2D eigenvalue weighted by atomic mass is 9.80. The van der Waals surface area contributed by atoms with E-state index in [-0.39, 0.29) is 11.4 Å². The maximum absolute atomic E-state index is 11.9. The summed E-state index contributed by atoms with van der Waals surface area (Å²) in [6, 6.07) is 0. The number of carbonyl (C=O) groups excluding carboxylic acids is 1. The van der Waals surface area contributed by atoms with Gasteiger partial charge in [-0.15, -0.1) is 0 Å². The van der Waals surface area contributed by atoms with E-state index in [4.69, 9.17) is 5.73 Å². The third-order valence-electron chi connectivity index (χ3n) is 4.52. The molecule has 0 bridgehead atoms. The highest BCUT2D eigenvalue weighted by Crippen LogP contribution is 2.28. The zero-order chi connectivity index (χ0) is 13.6. The smallest absolute Gasteiger partial charge is 0.221 e. The Morgan fingerprint density at radius 2 is 2.00 bits per heavy atom. The molecule has 3 N–H and O–H groups in total. The largest absolute Gasteiger partial charge is 0.356 e. The fraction of sp³-hybridized carbons (Fsp3) is 0.812. The van der Waals surface area contributed by atoms with Crippen LogP contribution in [0.25, 0.3) is 0 Å². The summed E-state index contributed by atoms with van der Waals surface area (Å²) in [7, 11) is 0. The number of carbonyl (C=O) groups is 1. The van der Waals surface area contributed by atoms with Crippen LogP contribution in [-0.4, -0.2) is 18.0 Å². The highest BCUT2D eigenvalue weighted by molar-refractivity contribution is 5.77. The van der Waals surface area contributed by atoms with Crippen LogP contribution in [-0.2, 0) is 4.79 Å². The van der Waals surface area contributed by atoms with Crippen LogP contribution in [0.3, 0.4) is 0 Å². The minimum Gasteiger partial charge on any atom is -0.356 e. The van der Waals surface area contributed by atoms with Crippen molar-refractivity contribution in [2.45, 2.75) is 76.2 Å². The molecule has 0 atom stereocenters. The second kappa shape index (κ2) is 7.09. The van der Waals surface area contributed by atoms with Crippen molar-refractivity contribution in [2.24, 2.45) is 5.73 Å². The number of hydrogen-bond donors (Lipinski definition) is 2. The van der Waals surface area contributed by atoms with Crippen LogP contribution in [0, 0.1) is 0 Å². The molecular formula is C16H28N2O. The molecule has 0 aromatic rings. The summed E-state index contributed by atoms with van der Waals surface area (Å²) >= 11 is 0. The predicted molar refractivity (Wildman–Crippen MR) is 78.8 cm³/mol. The van der Waals surface area contributed by atoms with Crippen molar-refractivity contribution in [3.05, 3.63) is 11.6 Å². The van der Waals surface area contributed by atoms with E-state index in [0.29, 0.717) is 6.42 Å². The average Bonchev–Trinajstić information content (AvgIpc) is 2.40. The lowest BCUT2D eigenvalue weighted by molar-refractivity contribution is -0.122. The fourth-order valence-corrected chi connectivity index (χ4v) is 3.31. The van der Waals surface area contributed by atoms with Crippen LogP contribution in [0.4, 0.5) is 0 Å². The molecule has 0 saturated heterocycles. The van der Waals surface area contributed by atoms with Crippen molar-refractivity contribution in [1.82, 2.24) is 5.32 Å². The Morgan fingerprint density at radius 3 is 2.68 bits per heavy atom. The minimum atomic E-state index is -0.230. The van der Waals surface area contributed by atoms with Crippen molar-refractivity contribution in [2.75, 3.05) is 6.54 Å². The van der Waals surface area contributed by atoms with Crippen LogP contribution >= 0.6 is 0 Å². The van der Waals surface area contributed by atoms with Crippen molar-refractivity contribution >= 4 is 5.91 Å². The van der Waals surface area contributed by atoms with Crippen molar-refractivity contribution in [3.8, 4) is 0 Å². The lowest BCUT2D eigenvalue weighted by Crippen LogP contribution is -2.46. The molecule has 1 amide bonds. The molecule has 0 aromatic heterocycles. The number of hydrogen-bond acceptors (Lipinski definition) is 2. The van der Waals surface area contributed by atoms with Gasteiger partial charge in [-0.05, 0) is 44.9 Å². The molecule has 0 heterocycles. The molecule has 19 heavy (non-hydrogen) atoms. The molecule has 0 radical (unpaired) electrons. The Bertz CT molecular complexity index is 330. The van der Waals surface area contributed by atoms with E-state index in [0.717, 1.165) is 25.8 Å². The first kappa shape index (κ1) is 14.6. The Labute approximate surface area is 117 Å². The first-order valence-corrected chi connectivity index (χ1v) is 7.91. The van der Waals surface area contributed by atoms with Gasteiger partial charge in [0.05, 0.1) is 0 Å². The zero-order valence-corrected chi connectivity index (χ0v) is 12.0. The maximum atomic E-state index is 11.9. The molecule has 0 aromatic carbocycles. The van der Waals surface area contributed by atoms with Crippen molar-refractivity contribution in [3.63, 3.8) is 0 Å². The van der Waals surface area contributed by atoms with Crippen LogP contribution < -0.4 is 11.1 Å². The summed E-state index contributed by atoms with van der Waals surface area (Å²) in [6.07, 6.45) is 14.6. The molecule has 3 heteroatoms.